The van der Waals surface area contributed by atoms with Gasteiger partial charge >= 0.3 is 0 Å². The van der Waals surface area contributed by atoms with Crippen LogP contribution in [0.4, 0.5) is 0 Å². The van der Waals surface area contributed by atoms with E-state index in [4.69, 9.17) is 27.9 Å². The molecule has 1 aromatic rings. The van der Waals surface area contributed by atoms with Crippen LogP contribution in [0, 0.1) is 5.92 Å². The maximum Gasteiger partial charge on any atom is 0.222 e. The summed E-state index contributed by atoms with van der Waals surface area (Å²) in [5, 5.41) is 1.04. The first-order chi connectivity index (χ1) is 11.5. The van der Waals surface area contributed by atoms with Crippen molar-refractivity contribution < 1.29 is 14.3 Å². The summed E-state index contributed by atoms with van der Waals surface area (Å²) in [6.07, 6.45) is 4.05. The molecule has 0 spiro atoms. The van der Waals surface area contributed by atoms with Gasteiger partial charge in [-0.3, -0.25) is 9.59 Å². The van der Waals surface area contributed by atoms with Gasteiger partial charge in [0.15, 0.2) is 0 Å². The van der Waals surface area contributed by atoms with Gasteiger partial charge in [0.1, 0.15) is 11.5 Å². The fraction of sp³-hybridized carbons (Fsp3) is 0.556. The van der Waals surface area contributed by atoms with Crippen LogP contribution >= 0.6 is 23.2 Å². The van der Waals surface area contributed by atoms with Gasteiger partial charge in [-0.1, -0.05) is 23.2 Å². The SMILES string of the molecule is COc1cc(Cl)c(CC2CC(N3CCCC3=O)CCC2=O)c(Cl)c1. The minimum absolute atomic E-state index is 0.138. The molecule has 24 heavy (non-hydrogen) atoms. The predicted molar refractivity (Wildman–Crippen MR) is 93.8 cm³/mol. The normalized spacial score (nSPS) is 24.5. The van der Waals surface area contributed by atoms with Crippen LogP contribution in [0.1, 0.15) is 37.7 Å². The zero-order chi connectivity index (χ0) is 17.3. The highest BCUT2D eigenvalue weighted by molar-refractivity contribution is 6.36. The molecule has 1 saturated carbocycles. The lowest BCUT2D eigenvalue weighted by molar-refractivity contribution is -0.134. The largest absolute Gasteiger partial charge is 0.497 e. The molecule has 2 fully saturated rings. The lowest BCUT2D eigenvalue weighted by atomic mass is 9.80. The minimum Gasteiger partial charge on any atom is -0.497 e. The van der Waals surface area contributed by atoms with E-state index >= 15 is 0 Å². The van der Waals surface area contributed by atoms with Gasteiger partial charge in [-0.05, 0) is 43.4 Å². The maximum absolute atomic E-state index is 12.4. The van der Waals surface area contributed by atoms with Crippen LogP contribution in [0.15, 0.2) is 12.1 Å². The van der Waals surface area contributed by atoms with Crippen LogP contribution in [0.3, 0.4) is 0 Å². The van der Waals surface area contributed by atoms with Gasteiger partial charge in [-0.25, -0.2) is 0 Å². The number of ether oxygens (including phenoxy) is 1. The number of carbonyl (C=O) groups is 2. The number of nitrogens with zero attached hydrogens (tertiary/aromatic N) is 1. The Morgan fingerprint density at radius 2 is 1.92 bits per heavy atom. The van der Waals surface area contributed by atoms with Crippen molar-refractivity contribution in [3.05, 3.63) is 27.7 Å². The molecule has 1 heterocycles. The number of hydrogen-bond donors (Lipinski definition) is 0. The molecule has 1 saturated heterocycles. The molecule has 0 aromatic heterocycles. The summed E-state index contributed by atoms with van der Waals surface area (Å²) in [7, 11) is 1.56. The molecule has 3 rings (SSSR count). The second-order valence-corrected chi connectivity index (χ2v) is 7.37. The molecular weight excluding hydrogens is 349 g/mol. The molecule has 1 aromatic carbocycles. The van der Waals surface area contributed by atoms with Crippen molar-refractivity contribution in [2.24, 2.45) is 5.92 Å². The van der Waals surface area contributed by atoms with E-state index < -0.39 is 0 Å². The second-order valence-electron chi connectivity index (χ2n) is 6.56. The van der Waals surface area contributed by atoms with Crippen LogP contribution in [0.5, 0.6) is 5.75 Å². The second kappa shape index (κ2) is 7.32. The lowest BCUT2D eigenvalue weighted by Gasteiger charge is -2.34. The van der Waals surface area contributed by atoms with E-state index in [1.54, 1.807) is 19.2 Å². The Morgan fingerprint density at radius 1 is 1.21 bits per heavy atom. The van der Waals surface area contributed by atoms with E-state index in [9.17, 15) is 9.59 Å². The van der Waals surface area contributed by atoms with E-state index in [1.165, 1.54) is 0 Å². The third-order valence-corrected chi connectivity index (χ3v) is 5.76. The Bertz CT molecular complexity index is 639. The van der Waals surface area contributed by atoms with Gasteiger partial charge in [0.25, 0.3) is 0 Å². The number of methoxy groups -OCH3 is 1. The zero-order valence-corrected chi connectivity index (χ0v) is 15.2. The van der Waals surface area contributed by atoms with Crippen molar-refractivity contribution in [3.63, 3.8) is 0 Å². The molecule has 130 valence electrons. The van der Waals surface area contributed by atoms with Crippen molar-refractivity contribution in [1.29, 1.82) is 0 Å². The van der Waals surface area contributed by atoms with Crippen molar-refractivity contribution in [1.82, 2.24) is 4.90 Å². The fourth-order valence-corrected chi connectivity index (χ4v) is 4.39. The van der Waals surface area contributed by atoms with E-state index in [1.807, 2.05) is 4.90 Å². The molecule has 0 N–H and O–H groups in total. The summed E-state index contributed by atoms with van der Waals surface area (Å²) in [5.41, 5.74) is 0.783. The van der Waals surface area contributed by atoms with E-state index in [-0.39, 0.29) is 23.7 Å². The average molecular weight is 370 g/mol. The smallest absolute Gasteiger partial charge is 0.222 e. The van der Waals surface area contributed by atoms with E-state index in [2.05, 4.69) is 0 Å². The molecule has 1 aliphatic heterocycles. The summed E-state index contributed by atoms with van der Waals surface area (Å²) in [6, 6.07) is 3.60. The van der Waals surface area contributed by atoms with Crippen molar-refractivity contribution in [3.8, 4) is 5.75 Å². The van der Waals surface area contributed by atoms with Crippen LogP contribution in [-0.2, 0) is 16.0 Å². The summed E-state index contributed by atoms with van der Waals surface area (Å²) >= 11 is 12.7. The third kappa shape index (κ3) is 3.55. The number of Topliss-reactive ketones (excluding diaryl/α,β-unsaturated/α-hetero) is 1. The summed E-state index contributed by atoms with van der Waals surface area (Å²) in [4.78, 5) is 26.3. The van der Waals surface area contributed by atoms with Gasteiger partial charge < -0.3 is 9.64 Å². The standard InChI is InChI=1S/C18H21Cl2NO3/c1-24-13-9-15(19)14(16(20)10-13)8-11-7-12(4-5-17(11)22)21-6-2-3-18(21)23/h9-12H,2-8H2,1H3. The summed E-state index contributed by atoms with van der Waals surface area (Å²) < 4.78 is 5.16. The number of ketones is 1. The first-order valence-corrected chi connectivity index (χ1v) is 9.09. The predicted octanol–water partition coefficient (Wildman–Crippen LogP) is 3.90. The van der Waals surface area contributed by atoms with Crippen LogP contribution in [-0.4, -0.2) is 36.3 Å². The molecular formula is C18H21Cl2NO3. The first kappa shape index (κ1) is 17.6. The molecule has 2 unspecified atom stereocenters. The molecule has 0 radical (unpaired) electrons. The topological polar surface area (TPSA) is 46.6 Å². The Balaban J connectivity index is 1.76. The molecule has 0 bridgehead atoms. The van der Waals surface area contributed by atoms with Crippen molar-refractivity contribution in [2.75, 3.05) is 13.7 Å². The van der Waals surface area contributed by atoms with Gasteiger partial charge in [0, 0.05) is 41.4 Å². The van der Waals surface area contributed by atoms with E-state index in [0.29, 0.717) is 41.5 Å². The molecule has 2 atom stereocenters. The summed E-state index contributed by atoms with van der Waals surface area (Å²) in [6.45, 7) is 0.814. The first-order valence-electron chi connectivity index (χ1n) is 8.33. The highest BCUT2D eigenvalue weighted by Gasteiger charge is 2.36. The highest BCUT2D eigenvalue weighted by Crippen LogP contribution is 2.36. The lowest BCUT2D eigenvalue weighted by Crippen LogP contribution is -2.42. The van der Waals surface area contributed by atoms with Gasteiger partial charge in [0.2, 0.25) is 5.91 Å². The quantitative estimate of drug-likeness (QED) is 0.808. The third-order valence-electron chi connectivity index (χ3n) is 5.09. The van der Waals surface area contributed by atoms with Crippen LogP contribution in [0.25, 0.3) is 0 Å². The fourth-order valence-electron chi connectivity index (χ4n) is 3.77. The Labute approximate surface area is 152 Å². The van der Waals surface area contributed by atoms with Gasteiger partial charge in [-0.15, -0.1) is 0 Å². The molecule has 2 aliphatic rings. The number of carbonyl (C=O) groups excluding carboxylic acids is 2. The van der Waals surface area contributed by atoms with Gasteiger partial charge in [-0.2, -0.15) is 0 Å². The maximum atomic E-state index is 12.4. The molecule has 6 heteroatoms. The number of amides is 1. The Morgan fingerprint density at radius 3 is 2.50 bits per heavy atom. The molecule has 4 nitrogen and oxygen atoms in total. The minimum atomic E-state index is -0.138. The average Bonchev–Trinajstić information content (AvgIpc) is 2.98. The van der Waals surface area contributed by atoms with E-state index in [0.717, 1.165) is 24.9 Å². The van der Waals surface area contributed by atoms with Crippen molar-refractivity contribution in [2.45, 2.75) is 44.6 Å². The Hall–Kier alpha value is -1.26. The monoisotopic (exact) mass is 369 g/mol. The number of rotatable bonds is 4. The van der Waals surface area contributed by atoms with Crippen LogP contribution in [0.2, 0.25) is 10.0 Å². The number of halogens is 2. The number of likely N-dealkylation sites (tertiary alicyclic amines) is 1. The van der Waals surface area contributed by atoms with Gasteiger partial charge in [0.05, 0.1) is 7.11 Å². The molecule has 1 amide bonds. The highest BCUT2D eigenvalue weighted by atomic mass is 35.5. The molecule has 1 aliphatic carbocycles. The van der Waals surface area contributed by atoms with Crippen LogP contribution < -0.4 is 4.74 Å². The zero-order valence-electron chi connectivity index (χ0n) is 13.7. The Kier molecular flexibility index (Phi) is 5.36. The van der Waals surface area contributed by atoms with Crippen molar-refractivity contribution >= 4 is 34.9 Å². The summed E-state index contributed by atoms with van der Waals surface area (Å²) in [5.74, 6) is 0.916. The number of benzene rings is 1. The number of hydrogen-bond acceptors (Lipinski definition) is 3.